The van der Waals surface area contributed by atoms with E-state index in [1.807, 2.05) is 0 Å². The summed E-state index contributed by atoms with van der Waals surface area (Å²) in [7, 11) is 0. The van der Waals surface area contributed by atoms with Crippen LogP contribution in [0.3, 0.4) is 0 Å². The smallest absolute Gasteiger partial charge is 0.221 e. The number of hydrogen-bond acceptors (Lipinski definition) is 3. The van der Waals surface area contributed by atoms with Crippen molar-refractivity contribution in [2.75, 3.05) is 5.32 Å². The SMILES string of the molecule is CC(=O)Nc1ccc(C(=O)[C@H](C)Oc2c(F)c(F)cc(F)c2F)cc1. The molecule has 0 saturated heterocycles. The van der Waals surface area contributed by atoms with Gasteiger partial charge >= 0.3 is 0 Å². The average molecular weight is 355 g/mol. The van der Waals surface area contributed by atoms with Gasteiger partial charge in [0.1, 0.15) is 0 Å². The Balaban J connectivity index is 2.20. The second-order valence-corrected chi connectivity index (χ2v) is 5.18. The molecule has 2 aromatic carbocycles. The molecule has 1 N–H and O–H groups in total. The minimum Gasteiger partial charge on any atom is -0.476 e. The molecule has 0 aliphatic rings. The van der Waals surface area contributed by atoms with Crippen LogP contribution in [0, 0.1) is 23.3 Å². The molecule has 0 aliphatic heterocycles. The Morgan fingerprint density at radius 2 is 1.52 bits per heavy atom. The molecule has 132 valence electrons. The summed E-state index contributed by atoms with van der Waals surface area (Å²) >= 11 is 0. The van der Waals surface area contributed by atoms with Crippen molar-refractivity contribution in [3.05, 3.63) is 59.2 Å². The van der Waals surface area contributed by atoms with Crippen LogP contribution in [-0.4, -0.2) is 17.8 Å². The summed E-state index contributed by atoms with van der Waals surface area (Å²) in [6.45, 7) is 2.50. The number of anilines is 1. The third kappa shape index (κ3) is 4.14. The van der Waals surface area contributed by atoms with Crippen LogP contribution in [0.4, 0.5) is 23.2 Å². The summed E-state index contributed by atoms with van der Waals surface area (Å²) in [5, 5.41) is 2.50. The number of nitrogens with one attached hydrogen (secondary N) is 1. The minimum absolute atomic E-state index is 0.0464. The van der Waals surface area contributed by atoms with E-state index in [1.54, 1.807) is 0 Å². The van der Waals surface area contributed by atoms with Gasteiger partial charge < -0.3 is 10.1 Å². The highest BCUT2D eigenvalue weighted by atomic mass is 19.2. The van der Waals surface area contributed by atoms with Gasteiger partial charge in [-0.3, -0.25) is 9.59 Å². The largest absolute Gasteiger partial charge is 0.476 e. The second-order valence-electron chi connectivity index (χ2n) is 5.18. The fourth-order valence-corrected chi connectivity index (χ4v) is 2.04. The molecule has 1 atom stereocenters. The van der Waals surface area contributed by atoms with E-state index in [0.29, 0.717) is 5.69 Å². The number of hydrogen-bond donors (Lipinski definition) is 1. The molecule has 0 fully saturated rings. The van der Waals surface area contributed by atoms with Crippen molar-refractivity contribution in [1.82, 2.24) is 0 Å². The van der Waals surface area contributed by atoms with Gasteiger partial charge in [-0.2, -0.15) is 8.78 Å². The summed E-state index contributed by atoms with van der Waals surface area (Å²) in [5.41, 5.74) is 0.571. The molecule has 0 radical (unpaired) electrons. The van der Waals surface area contributed by atoms with E-state index in [2.05, 4.69) is 5.32 Å². The molecular formula is C17H13F4NO3. The monoisotopic (exact) mass is 355 g/mol. The van der Waals surface area contributed by atoms with Gasteiger partial charge in [-0.1, -0.05) is 0 Å². The van der Waals surface area contributed by atoms with E-state index in [4.69, 9.17) is 4.74 Å². The van der Waals surface area contributed by atoms with E-state index >= 15 is 0 Å². The van der Waals surface area contributed by atoms with Crippen LogP contribution < -0.4 is 10.1 Å². The number of amides is 1. The second kappa shape index (κ2) is 7.33. The number of rotatable bonds is 5. The number of ketones is 1. The molecule has 0 saturated carbocycles. The Bertz CT molecular complexity index is 795. The maximum Gasteiger partial charge on any atom is 0.221 e. The van der Waals surface area contributed by atoms with Crippen molar-refractivity contribution < 1.29 is 31.9 Å². The molecule has 2 aromatic rings. The molecule has 4 nitrogen and oxygen atoms in total. The molecule has 0 unspecified atom stereocenters. The number of carbonyl (C=O) groups excluding carboxylic acids is 2. The highest BCUT2D eigenvalue weighted by Gasteiger charge is 2.25. The Labute approximate surface area is 140 Å². The van der Waals surface area contributed by atoms with Gasteiger partial charge in [-0.15, -0.1) is 0 Å². The fraction of sp³-hybridized carbons (Fsp3) is 0.176. The van der Waals surface area contributed by atoms with Crippen LogP contribution in [0.5, 0.6) is 5.75 Å². The molecule has 0 spiro atoms. The Kier molecular flexibility index (Phi) is 5.41. The lowest BCUT2D eigenvalue weighted by Crippen LogP contribution is -2.25. The zero-order valence-corrected chi connectivity index (χ0v) is 13.2. The summed E-state index contributed by atoms with van der Waals surface area (Å²) < 4.78 is 58.3. The van der Waals surface area contributed by atoms with Crippen molar-refractivity contribution in [2.45, 2.75) is 20.0 Å². The van der Waals surface area contributed by atoms with Crippen LogP contribution in [0.2, 0.25) is 0 Å². The van der Waals surface area contributed by atoms with Gasteiger partial charge in [-0.05, 0) is 31.2 Å². The average Bonchev–Trinajstić information content (AvgIpc) is 2.56. The fourth-order valence-electron chi connectivity index (χ4n) is 2.04. The van der Waals surface area contributed by atoms with Gasteiger partial charge in [0.15, 0.2) is 23.5 Å². The normalized spacial score (nSPS) is 11.8. The Morgan fingerprint density at radius 1 is 1.00 bits per heavy atom. The first-order chi connectivity index (χ1) is 11.7. The molecular weight excluding hydrogens is 342 g/mol. The third-order valence-electron chi connectivity index (χ3n) is 3.23. The maximum atomic E-state index is 13.6. The lowest BCUT2D eigenvalue weighted by molar-refractivity contribution is -0.114. The summed E-state index contributed by atoms with van der Waals surface area (Å²) in [6, 6.07) is 5.68. The molecule has 25 heavy (non-hydrogen) atoms. The topological polar surface area (TPSA) is 55.4 Å². The lowest BCUT2D eigenvalue weighted by Gasteiger charge is -2.15. The van der Waals surface area contributed by atoms with E-state index in [-0.39, 0.29) is 17.5 Å². The Hall–Kier alpha value is -2.90. The van der Waals surface area contributed by atoms with Gasteiger partial charge in [-0.25, -0.2) is 8.78 Å². The number of carbonyl (C=O) groups is 2. The zero-order valence-electron chi connectivity index (χ0n) is 13.2. The zero-order chi connectivity index (χ0) is 18.7. The van der Waals surface area contributed by atoms with Crippen LogP contribution in [-0.2, 0) is 4.79 Å². The summed E-state index contributed by atoms with van der Waals surface area (Å²) in [6.07, 6.45) is -1.41. The standard InChI is InChI=1S/C17H13F4NO3/c1-8(25-17-14(20)12(18)7-13(19)15(17)21)16(24)10-3-5-11(6-4-10)22-9(2)23/h3-8H,1-2H3,(H,22,23)/t8-/m0/s1. The molecule has 0 aliphatic carbocycles. The van der Waals surface area contributed by atoms with Gasteiger partial charge in [0, 0.05) is 24.2 Å². The van der Waals surface area contributed by atoms with Gasteiger partial charge in [0.2, 0.25) is 23.3 Å². The first kappa shape index (κ1) is 18.4. The van der Waals surface area contributed by atoms with E-state index in [0.717, 1.165) is 0 Å². The van der Waals surface area contributed by atoms with Crippen molar-refractivity contribution >= 4 is 17.4 Å². The highest BCUT2D eigenvalue weighted by Crippen LogP contribution is 2.28. The summed E-state index contributed by atoms with van der Waals surface area (Å²) in [4.78, 5) is 23.2. The van der Waals surface area contributed by atoms with E-state index < -0.39 is 40.9 Å². The number of halogens is 4. The van der Waals surface area contributed by atoms with Crippen molar-refractivity contribution in [3.63, 3.8) is 0 Å². The number of Topliss-reactive ketones (excluding diaryl/α,β-unsaturated/α-hetero) is 1. The quantitative estimate of drug-likeness (QED) is 0.504. The molecule has 8 heteroatoms. The van der Waals surface area contributed by atoms with Crippen molar-refractivity contribution in [2.24, 2.45) is 0 Å². The van der Waals surface area contributed by atoms with Crippen molar-refractivity contribution in [3.8, 4) is 5.75 Å². The molecule has 0 aromatic heterocycles. The first-order valence-electron chi connectivity index (χ1n) is 7.12. The molecule has 0 bridgehead atoms. The molecule has 1 amide bonds. The Morgan fingerprint density at radius 3 is 2.00 bits per heavy atom. The maximum absolute atomic E-state index is 13.6. The highest BCUT2D eigenvalue weighted by molar-refractivity contribution is 6.00. The van der Waals surface area contributed by atoms with Gasteiger partial charge in [0.25, 0.3) is 0 Å². The van der Waals surface area contributed by atoms with Crippen LogP contribution in [0.25, 0.3) is 0 Å². The van der Waals surface area contributed by atoms with Gasteiger partial charge in [0.05, 0.1) is 0 Å². The van der Waals surface area contributed by atoms with E-state index in [9.17, 15) is 27.2 Å². The number of benzene rings is 2. The molecule has 2 rings (SSSR count). The summed E-state index contributed by atoms with van der Waals surface area (Å²) in [5.74, 6) is -8.97. The lowest BCUT2D eigenvalue weighted by atomic mass is 10.1. The van der Waals surface area contributed by atoms with Crippen molar-refractivity contribution in [1.29, 1.82) is 0 Å². The first-order valence-corrected chi connectivity index (χ1v) is 7.12. The van der Waals surface area contributed by atoms with E-state index in [1.165, 1.54) is 38.1 Å². The predicted molar refractivity (Wildman–Crippen MR) is 81.4 cm³/mol. The molecule has 0 heterocycles. The van der Waals surface area contributed by atoms with Crippen LogP contribution in [0.1, 0.15) is 24.2 Å². The third-order valence-corrected chi connectivity index (χ3v) is 3.23. The minimum atomic E-state index is -1.72. The van der Waals surface area contributed by atoms with Crippen LogP contribution >= 0.6 is 0 Å². The van der Waals surface area contributed by atoms with Crippen LogP contribution in [0.15, 0.2) is 30.3 Å². The predicted octanol–water partition coefficient (Wildman–Crippen LogP) is 3.85. The number of ether oxygens (including phenoxy) is 1.